The summed E-state index contributed by atoms with van der Waals surface area (Å²) in [6, 6.07) is 10.8. The van der Waals surface area contributed by atoms with Crippen molar-refractivity contribution in [1.82, 2.24) is 0 Å². The number of carbonyl (C=O) groups is 2. The highest BCUT2D eigenvalue weighted by atomic mass is 16.5. The Hall–Kier alpha value is -2.20. The monoisotopic (exact) mass is 300 g/mol. The van der Waals surface area contributed by atoms with E-state index in [2.05, 4.69) is 0 Å². The van der Waals surface area contributed by atoms with Gasteiger partial charge in [0.15, 0.2) is 5.78 Å². The Morgan fingerprint density at radius 2 is 1.50 bits per heavy atom. The van der Waals surface area contributed by atoms with E-state index in [1.807, 2.05) is 18.2 Å². The summed E-state index contributed by atoms with van der Waals surface area (Å²) in [5, 5.41) is 1.85. The summed E-state index contributed by atoms with van der Waals surface area (Å²) in [4.78, 5) is 23.4. The third-order valence-electron chi connectivity index (χ3n) is 3.46. The summed E-state index contributed by atoms with van der Waals surface area (Å²) >= 11 is 0. The van der Waals surface area contributed by atoms with Gasteiger partial charge >= 0.3 is 5.97 Å². The van der Waals surface area contributed by atoms with Crippen LogP contribution in [0.5, 0.6) is 0 Å². The molecule has 0 radical (unpaired) electrons. The zero-order valence-electron chi connectivity index (χ0n) is 12.9. The number of ketones is 1. The Morgan fingerprint density at radius 1 is 0.909 bits per heavy atom. The van der Waals surface area contributed by atoms with E-state index in [4.69, 9.17) is 9.47 Å². The molecule has 0 saturated carbocycles. The van der Waals surface area contributed by atoms with Crippen molar-refractivity contribution in [2.75, 3.05) is 20.3 Å². The van der Waals surface area contributed by atoms with Gasteiger partial charge in [-0.1, -0.05) is 18.2 Å². The van der Waals surface area contributed by atoms with Gasteiger partial charge in [0, 0.05) is 19.3 Å². The number of hydrogen-bond acceptors (Lipinski definition) is 4. The van der Waals surface area contributed by atoms with Crippen LogP contribution in [0.4, 0.5) is 0 Å². The molecule has 0 atom stereocenters. The number of methoxy groups -OCH3 is 1. The number of hydrogen-bond donors (Lipinski definition) is 0. The first-order chi connectivity index (χ1) is 10.6. The fourth-order valence-corrected chi connectivity index (χ4v) is 2.19. The first-order valence-electron chi connectivity index (χ1n) is 7.32. The molecule has 4 nitrogen and oxygen atoms in total. The van der Waals surface area contributed by atoms with Crippen molar-refractivity contribution in [3.8, 4) is 0 Å². The van der Waals surface area contributed by atoms with Crippen molar-refractivity contribution in [2.45, 2.75) is 19.8 Å². The van der Waals surface area contributed by atoms with Crippen LogP contribution < -0.4 is 0 Å². The summed E-state index contributed by atoms with van der Waals surface area (Å²) in [5.74, 6) is -0.295. The van der Waals surface area contributed by atoms with Gasteiger partial charge in [-0.3, -0.25) is 4.79 Å². The Bertz CT molecular complexity index is 676. The number of Topliss-reactive ketones (excluding diaryl/α,β-unsaturated/α-hetero) is 1. The average molecular weight is 300 g/mol. The van der Waals surface area contributed by atoms with Crippen LogP contribution in [-0.2, 0) is 9.47 Å². The summed E-state index contributed by atoms with van der Waals surface area (Å²) in [6.45, 7) is 2.60. The molecule has 0 spiro atoms. The molecule has 0 bridgehead atoms. The molecule has 0 amide bonds. The minimum absolute atomic E-state index is 0.0291. The predicted molar refractivity (Wildman–Crippen MR) is 85.3 cm³/mol. The Kier molecular flexibility index (Phi) is 5.67. The van der Waals surface area contributed by atoms with E-state index in [0.29, 0.717) is 24.3 Å². The normalized spacial score (nSPS) is 10.6. The van der Waals surface area contributed by atoms with E-state index >= 15 is 0 Å². The van der Waals surface area contributed by atoms with Crippen molar-refractivity contribution in [1.29, 1.82) is 0 Å². The molecule has 0 aliphatic rings. The van der Waals surface area contributed by atoms with E-state index in [1.54, 1.807) is 25.3 Å². The molecule has 0 aromatic heterocycles. The molecule has 0 unspecified atom stereocenters. The lowest BCUT2D eigenvalue weighted by atomic mass is 10.0. The molecular formula is C18H20O4. The first kappa shape index (κ1) is 16.2. The number of benzene rings is 2. The third-order valence-corrected chi connectivity index (χ3v) is 3.46. The molecule has 0 N–H and O–H groups in total. The van der Waals surface area contributed by atoms with E-state index in [0.717, 1.165) is 23.6 Å². The average Bonchev–Trinajstić information content (AvgIpc) is 2.53. The number of unbranched alkanes of at least 4 members (excludes halogenated alkanes) is 1. The van der Waals surface area contributed by atoms with E-state index in [-0.39, 0.29) is 11.8 Å². The van der Waals surface area contributed by atoms with Crippen LogP contribution in [0.1, 0.15) is 40.5 Å². The van der Waals surface area contributed by atoms with Crippen molar-refractivity contribution < 1.29 is 19.1 Å². The van der Waals surface area contributed by atoms with Gasteiger partial charge in [0.25, 0.3) is 0 Å². The predicted octanol–water partition coefficient (Wildman–Crippen LogP) is 3.63. The van der Waals surface area contributed by atoms with Gasteiger partial charge in [0.2, 0.25) is 0 Å². The number of ether oxygens (including phenoxy) is 2. The Morgan fingerprint density at radius 3 is 2.14 bits per heavy atom. The highest BCUT2D eigenvalue weighted by Crippen LogP contribution is 2.19. The molecule has 0 aliphatic heterocycles. The minimum Gasteiger partial charge on any atom is -0.462 e. The van der Waals surface area contributed by atoms with Crippen LogP contribution in [0.3, 0.4) is 0 Å². The zero-order valence-corrected chi connectivity index (χ0v) is 12.9. The Balaban J connectivity index is 2.04. The van der Waals surface area contributed by atoms with Crippen molar-refractivity contribution in [3.05, 3.63) is 47.5 Å². The molecule has 2 aromatic rings. The van der Waals surface area contributed by atoms with Gasteiger partial charge in [0.1, 0.15) is 0 Å². The zero-order chi connectivity index (χ0) is 15.9. The fourth-order valence-electron chi connectivity index (χ4n) is 2.19. The number of fused-ring (bicyclic) bond motifs is 1. The number of rotatable bonds is 7. The second kappa shape index (κ2) is 7.71. The molecule has 2 aromatic carbocycles. The van der Waals surface area contributed by atoms with E-state index in [9.17, 15) is 9.59 Å². The maximum atomic E-state index is 12.0. The van der Waals surface area contributed by atoms with Gasteiger partial charge in [-0.2, -0.15) is 0 Å². The van der Waals surface area contributed by atoms with Crippen LogP contribution >= 0.6 is 0 Å². The molecule has 0 heterocycles. The molecule has 22 heavy (non-hydrogen) atoms. The molecule has 0 saturated heterocycles. The van der Waals surface area contributed by atoms with Gasteiger partial charge in [-0.25, -0.2) is 4.79 Å². The smallest absolute Gasteiger partial charge is 0.338 e. The second-order valence-corrected chi connectivity index (χ2v) is 5.17. The van der Waals surface area contributed by atoms with Crippen molar-refractivity contribution in [3.63, 3.8) is 0 Å². The minimum atomic E-state index is -0.324. The third kappa shape index (κ3) is 4.15. The standard InChI is InChI=1S/C18H20O4/c1-13(19)14-5-6-16-12-17(8-7-15(16)11-14)18(20)22-10-4-3-9-21-2/h5-8,11-12H,3-4,9-10H2,1-2H3. The van der Waals surface area contributed by atoms with Gasteiger partial charge in [0.05, 0.1) is 12.2 Å². The molecular weight excluding hydrogens is 280 g/mol. The maximum absolute atomic E-state index is 12.0. The van der Waals surface area contributed by atoms with Gasteiger partial charge in [-0.15, -0.1) is 0 Å². The van der Waals surface area contributed by atoms with E-state index < -0.39 is 0 Å². The lowest BCUT2D eigenvalue weighted by molar-refractivity contribution is 0.0489. The van der Waals surface area contributed by atoms with E-state index in [1.165, 1.54) is 6.92 Å². The molecule has 0 aliphatic carbocycles. The Labute approximate surface area is 130 Å². The summed E-state index contributed by atoms with van der Waals surface area (Å²) in [6.07, 6.45) is 1.66. The van der Waals surface area contributed by atoms with Gasteiger partial charge in [-0.05, 0) is 48.7 Å². The lowest BCUT2D eigenvalue weighted by Gasteiger charge is -2.06. The summed E-state index contributed by atoms with van der Waals surface area (Å²) in [7, 11) is 1.65. The second-order valence-electron chi connectivity index (χ2n) is 5.17. The van der Waals surface area contributed by atoms with Crippen LogP contribution in [0.15, 0.2) is 36.4 Å². The maximum Gasteiger partial charge on any atom is 0.338 e. The summed E-state index contributed by atoms with van der Waals surface area (Å²) in [5.41, 5.74) is 1.19. The van der Waals surface area contributed by atoms with Crippen LogP contribution in [-0.4, -0.2) is 32.1 Å². The lowest BCUT2D eigenvalue weighted by Crippen LogP contribution is -2.07. The topological polar surface area (TPSA) is 52.6 Å². The quantitative estimate of drug-likeness (QED) is 0.445. The first-order valence-corrected chi connectivity index (χ1v) is 7.32. The largest absolute Gasteiger partial charge is 0.462 e. The molecule has 116 valence electrons. The van der Waals surface area contributed by atoms with Crippen molar-refractivity contribution >= 4 is 22.5 Å². The summed E-state index contributed by atoms with van der Waals surface area (Å²) < 4.78 is 10.2. The molecule has 2 rings (SSSR count). The highest BCUT2D eigenvalue weighted by molar-refractivity contribution is 6.00. The number of carbonyl (C=O) groups excluding carboxylic acids is 2. The SMILES string of the molecule is COCCCCOC(=O)c1ccc2cc(C(C)=O)ccc2c1. The fraction of sp³-hybridized carbons (Fsp3) is 0.333. The van der Waals surface area contributed by atoms with Gasteiger partial charge < -0.3 is 9.47 Å². The van der Waals surface area contributed by atoms with Crippen LogP contribution in [0, 0.1) is 0 Å². The molecule has 4 heteroatoms. The van der Waals surface area contributed by atoms with Crippen LogP contribution in [0.2, 0.25) is 0 Å². The highest BCUT2D eigenvalue weighted by Gasteiger charge is 2.08. The number of esters is 1. The molecule has 0 fully saturated rings. The van der Waals surface area contributed by atoms with Crippen molar-refractivity contribution in [2.24, 2.45) is 0 Å². The van der Waals surface area contributed by atoms with Crippen LogP contribution in [0.25, 0.3) is 10.8 Å².